The lowest BCUT2D eigenvalue weighted by Crippen LogP contribution is -2.39. The first-order valence-electron chi connectivity index (χ1n) is 6.38. The second-order valence-corrected chi connectivity index (χ2v) is 5.22. The second-order valence-electron chi connectivity index (χ2n) is 5.22. The number of carbonyl (C=O) groups is 2. The number of carboxylic acid groups (broad SMARTS) is 1. The van der Waals surface area contributed by atoms with Gasteiger partial charge in [0.05, 0.1) is 11.1 Å². The molecule has 2 aromatic rings. The maximum atomic E-state index is 12.0. The number of amides is 1. The minimum Gasteiger partial charge on any atom is -0.481 e. The zero-order valence-corrected chi connectivity index (χ0v) is 11.8. The highest BCUT2D eigenvalue weighted by Gasteiger charge is 2.27. The van der Waals surface area contributed by atoms with E-state index in [-0.39, 0.29) is 12.2 Å². The smallest absolute Gasteiger partial charge is 0.310 e. The van der Waals surface area contributed by atoms with Gasteiger partial charge in [-0.15, -0.1) is 0 Å². The Bertz CT molecular complexity index is 650. The fraction of sp³-hybridized carbons (Fsp3) is 0.286. The van der Waals surface area contributed by atoms with Crippen LogP contribution in [-0.2, 0) is 4.79 Å². The molecule has 2 heterocycles. The molecule has 0 bridgehead atoms. The fourth-order valence-corrected chi connectivity index (χ4v) is 1.58. The molecular formula is C14H16N4O3. The topological polar surface area (TPSA) is 97.1 Å². The molecule has 0 aliphatic heterocycles. The number of carboxylic acids is 1. The van der Waals surface area contributed by atoms with E-state index in [0.717, 1.165) is 0 Å². The Morgan fingerprint density at radius 1 is 1.38 bits per heavy atom. The lowest BCUT2D eigenvalue weighted by atomic mass is 9.94. The number of rotatable bonds is 5. The highest BCUT2D eigenvalue weighted by Crippen LogP contribution is 2.13. The third-order valence-corrected chi connectivity index (χ3v) is 3.01. The molecular weight excluding hydrogens is 272 g/mol. The number of nitrogens with one attached hydrogen (secondary N) is 1. The maximum absolute atomic E-state index is 12.0. The van der Waals surface area contributed by atoms with E-state index in [2.05, 4.69) is 15.4 Å². The number of hydrogen-bond acceptors (Lipinski definition) is 4. The van der Waals surface area contributed by atoms with E-state index >= 15 is 0 Å². The first-order valence-corrected chi connectivity index (χ1v) is 6.38. The van der Waals surface area contributed by atoms with Crippen molar-refractivity contribution >= 4 is 11.9 Å². The Balaban J connectivity index is 2.10. The molecule has 1 amide bonds. The SMILES string of the molecule is CC(C)(CNC(=O)c1cc(-n2cccn2)ccn1)C(=O)O. The maximum Gasteiger partial charge on any atom is 0.310 e. The van der Waals surface area contributed by atoms with Gasteiger partial charge in [-0.25, -0.2) is 4.68 Å². The molecule has 0 aromatic carbocycles. The summed E-state index contributed by atoms with van der Waals surface area (Å²) in [6.45, 7) is 3.11. The molecule has 2 N–H and O–H groups in total. The summed E-state index contributed by atoms with van der Waals surface area (Å²) in [5, 5.41) is 15.7. The molecule has 0 radical (unpaired) electrons. The van der Waals surface area contributed by atoms with Gasteiger partial charge in [-0.05, 0) is 32.0 Å². The third-order valence-electron chi connectivity index (χ3n) is 3.01. The predicted molar refractivity (Wildman–Crippen MR) is 75.1 cm³/mol. The van der Waals surface area contributed by atoms with Crippen molar-refractivity contribution in [3.8, 4) is 5.69 Å². The Hall–Kier alpha value is -2.70. The van der Waals surface area contributed by atoms with Gasteiger partial charge in [0.25, 0.3) is 5.91 Å². The monoisotopic (exact) mass is 288 g/mol. The molecule has 7 nitrogen and oxygen atoms in total. The average Bonchev–Trinajstić information content (AvgIpc) is 2.99. The Labute approximate surface area is 121 Å². The number of carbonyl (C=O) groups excluding carboxylic acids is 1. The van der Waals surface area contributed by atoms with Gasteiger partial charge in [-0.1, -0.05) is 0 Å². The van der Waals surface area contributed by atoms with Crippen LogP contribution in [0.25, 0.3) is 5.69 Å². The fourth-order valence-electron chi connectivity index (χ4n) is 1.58. The number of aromatic nitrogens is 3. The Morgan fingerprint density at radius 3 is 2.76 bits per heavy atom. The van der Waals surface area contributed by atoms with E-state index in [1.165, 1.54) is 6.20 Å². The summed E-state index contributed by atoms with van der Waals surface area (Å²) >= 11 is 0. The van der Waals surface area contributed by atoms with Crippen LogP contribution in [0.3, 0.4) is 0 Å². The summed E-state index contributed by atoms with van der Waals surface area (Å²) in [6, 6.07) is 5.09. The normalized spacial score (nSPS) is 11.1. The molecule has 2 rings (SSSR count). The van der Waals surface area contributed by atoms with Crippen LogP contribution in [0.15, 0.2) is 36.8 Å². The zero-order chi connectivity index (χ0) is 15.5. The quantitative estimate of drug-likeness (QED) is 0.859. The molecule has 0 unspecified atom stereocenters. The molecule has 0 atom stereocenters. The molecule has 0 saturated heterocycles. The third kappa shape index (κ3) is 3.44. The molecule has 21 heavy (non-hydrogen) atoms. The minimum absolute atomic E-state index is 0.0227. The van der Waals surface area contributed by atoms with Crippen LogP contribution >= 0.6 is 0 Å². The molecule has 110 valence electrons. The second kappa shape index (κ2) is 5.74. The molecule has 7 heteroatoms. The van der Waals surface area contributed by atoms with E-state index in [9.17, 15) is 9.59 Å². The van der Waals surface area contributed by atoms with E-state index < -0.39 is 17.3 Å². The van der Waals surface area contributed by atoms with E-state index in [1.807, 2.05) is 0 Å². The van der Waals surface area contributed by atoms with Gasteiger partial charge in [0, 0.05) is 25.1 Å². The molecule has 0 spiro atoms. The lowest BCUT2D eigenvalue weighted by Gasteiger charge is -2.19. The molecule has 0 aliphatic carbocycles. The predicted octanol–water partition coefficient (Wildman–Crippen LogP) is 1.11. The van der Waals surface area contributed by atoms with Crippen molar-refractivity contribution in [1.82, 2.24) is 20.1 Å². The van der Waals surface area contributed by atoms with Gasteiger partial charge in [-0.3, -0.25) is 14.6 Å². The van der Waals surface area contributed by atoms with Crippen molar-refractivity contribution in [2.45, 2.75) is 13.8 Å². The first kappa shape index (κ1) is 14.7. The van der Waals surface area contributed by atoms with Crippen molar-refractivity contribution in [3.63, 3.8) is 0 Å². The van der Waals surface area contributed by atoms with Crippen LogP contribution in [-0.4, -0.2) is 38.3 Å². The van der Waals surface area contributed by atoms with Crippen LogP contribution < -0.4 is 5.32 Å². The van der Waals surface area contributed by atoms with Crippen molar-refractivity contribution < 1.29 is 14.7 Å². The summed E-state index contributed by atoms with van der Waals surface area (Å²) < 4.78 is 1.61. The number of hydrogen-bond donors (Lipinski definition) is 2. The molecule has 0 aliphatic rings. The summed E-state index contributed by atoms with van der Waals surface area (Å²) in [4.78, 5) is 27.0. The van der Waals surface area contributed by atoms with E-state index in [4.69, 9.17) is 5.11 Å². The molecule has 2 aromatic heterocycles. The van der Waals surface area contributed by atoms with Gasteiger partial charge < -0.3 is 10.4 Å². The van der Waals surface area contributed by atoms with Gasteiger partial charge in [0.2, 0.25) is 0 Å². The van der Waals surface area contributed by atoms with Gasteiger partial charge in [-0.2, -0.15) is 5.10 Å². The lowest BCUT2D eigenvalue weighted by molar-refractivity contribution is -0.146. The van der Waals surface area contributed by atoms with Gasteiger partial charge >= 0.3 is 5.97 Å². The largest absolute Gasteiger partial charge is 0.481 e. The summed E-state index contributed by atoms with van der Waals surface area (Å²) in [7, 11) is 0. The molecule has 0 fully saturated rings. The van der Waals surface area contributed by atoms with Crippen LogP contribution in [0.2, 0.25) is 0 Å². The van der Waals surface area contributed by atoms with Crippen molar-refractivity contribution in [2.75, 3.05) is 6.54 Å². The highest BCUT2D eigenvalue weighted by molar-refractivity contribution is 5.93. The van der Waals surface area contributed by atoms with Crippen LogP contribution in [0.1, 0.15) is 24.3 Å². The summed E-state index contributed by atoms with van der Waals surface area (Å²) in [5.74, 6) is -1.39. The first-order chi connectivity index (χ1) is 9.90. The minimum atomic E-state index is -1.03. The standard InChI is InChI=1S/C14H16N4O3/c1-14(2,13(20)21)9-16-12(19)11-8-10(4-6-15-11)18-7-3-5-17-18/h3-8H,9H2,1-2H3,(H,16,19)(H,20,21). The summed E-state index contributed by atoms with van der Waals surface area (Å²) in [6.07, 6.45) is 4.90. The Kier molecular flexibility index (Phi) is 4.02. The van der Waals surface area contributed by atoms with Crippen LogP contribution in [0.5, 0.6) is 0 Å². The zero-order valence-electron chi connectivity index (χ0n) is 11.8. The van der Waals surface area contributed by atoms with Gasteiger partial charge in [0.15, 0.2) is 0 Å². The molecule has 0 saturated carbocycles. The van der Waals surface area contributed by atoms with E-state index in [1.54, 1.807) is 49.1 Å². The van der Waals surface area contributed by atoms with E-state index in [0.29, 0.717) is 5.69 Å². The highest BCUT2D eigenvalue weighted by atomic mass is 16.4. The number of aliphatic carboxylic acids is 1. The number of nitrogens with zero attached hydrogens (tertiary/aromatic N) is 3. The average molecular weight is 288 g/mol. The van der Waals surface area contributed by atoms with Crippen LogP contribution in [0.4, 0.5) is 0 Å². The summed E-state index contributed by atoms with van der Waals surface area (Å²) in [5.41, 5.74) is -0.114. The van der Waals surface area contributed by atoms with Gasteiger partial charge in [0.1, 0.15) is 5.69 Å². The Morgan fingerprint density at radius 2 is 2.14 bits per heavy atom. The van der Waals surface area contributed by atoms with Crippen molar-refractivity contribution in [2.24, 2.45) is 5.41 Å². The van der Waals surface area contributed by atoms with Crippen molar-refractivity contribution in [3.05, 3.63) is 42.5 Å². The number of pyridine rings is 1. The van der Waals surface area contributed by atoms with Crippen molar-refractivity contribution in [1.29, 1.82) is 0 Å². The van der Waals surface area contributed by atoms with Crippen LogP contribution in [0, 0.1) is 5.41 Å².